The van der Waals surface area contributed by atoms with Crippen LogP contribution in [-0.4, -0.2) is 30.3 Å². The Balaban J connectivity index is 2.05. The Labute approximate surface area is 105 Å². The summed E-state index contributed by atoms with van der Waals surface area (Å²) in [5.41, 5.74) is 0.640. The van der Waals surface area contributed by atoms with Crippen LogP contribution in [0.2, 0.25) is 10.0 Å². The minimum Gasteiger partial charge on any atom is -0.296 e. The number of halogens is 2. The number of ketones is 1. The second-order valence-electron chi connectivity index (χ2n) is 4.04. The van der Waals surface area contributed by atoms with Crippen molar-refractivity contribution in [2.24, 2.45) is 0 Å². The van der Waals surface area contributed by atoms with E-state index in [1.165, 1.54) is 12.8 Å². The monoisotopic (exact) mass is 257 g/mol. The predicted molar refractivity (Wildman–Crippen MR) is 66.5 cm³/mol. The van der Waals surface area contributed by atoms with Crippen LogP contribution in [0.1, 0.15) is 23.2 Å². The predicted octanol–water partition coefficient (Wildman–Crippen LogP) is 3.27. The fourth-order valence-corrected chi connectivity index (χ4v) is 2.20. The summed E-state index contributed by atoms with van der Waals surface area (Å²) in [6.45, 7) is 2.53. The first-order valence-electron chi connectivity index (χ1n) is 5.37. The highest BCUT2D eigenvalue weighted by molar-refractivity contribution is 6.42. The smallest absolute Gasteiger partial charge is 0.176 e. The molecule has 1 heterocycles. The van der Waals surface area contributed by atoms with Crippen LogP contribution in [0.15, 0.2) is 18.2 Å². The summed E-state index contributed by atoms with van der Waals surface area (Å²) in [5, 5.41) is 0.924. The maximum atomic E-state index is 11.9. The van der Waals surface area contributed by atoms with Gasteiger partial charge in [0.1, 0.15) is 0 Å². The molecule has 16 heavy (non-hydrogen) atoms. The standard InChI is InChI=1S/C12H13Cl2NO/c13-10-4-3-9(7-11(10)14)12(16)8-15-5-1-2-6-15/h3-4,7H,1-2,5-6,8H2. The van der Waals surface area contributed by atoms with Gasteiger partial charge in [-0.15, -0.1) is 0 Å². The van der Waals surface area contributed by atoms with E-state index in [-0.39, 0.29) is 5.78 Å². The van der Waals surface area contributed by atoms with E-state index in [9.17, 15) is 4.79 Å². The van der Waals surface area contributed by atoms with Gasteiger partial charge in [-0.3, -0.25) is 9.69 Å². The zero-order chi connectivity index (χ0) is 11.5. The molecule has 2 rings (SSSR count). The molecule has 1 aliphatic heterocycles. The number of nitrogens with zero attached hydrogens (tertiary/aromatic N) is 1. The molecule has 1 aromatic rings. The molecule has 0 N–H and O–H groups in total. The molecule has 0 amide bonds. The van der Waals surface area contributed by atoms with Gasteiger partial charge >= 0.3 is 0 Å². The third-order valence-electron chi connectivity index (χ3n) is 2.81. The maximum absolute atomic E-state index is 11.9. The number of carbonyl (C=O) groups is 1. The topological polar surface area (TPSA) is 20.3 Å². The molecule has 86 valence electrons. The Morgan fingerprint density at radius 2 is 1.88 bits per heavy atom. The molecule has 0 unspecified atom stereocenters. The molecule has 1 fully saturated rings. The highest BCUT2D eigenvalue weighted by Crippen LogP contribution is 2.23. The van der Waals surface area contributed by atoms with Crippen LogP contribution in [-0.2, 0) is 0 Å². The summed E-state index contributed by atoms with van der Waals surface area (Å²) in [6, 6.07) is 5.04. The van der Waals surface area contributed by atoms with Gasteiger partial charge in [0.2, 0.25) is 0 Å². The summed E-state index contributed by atoms with van der Waals surface area (Å²) in [7, 11) is 0. The van der Waals surface area contributed by atoms with E-state index in [2.05, 4.69) is 4.90 Å². The minimum absolute atomic E-state index is 0.112. The van der Waals surface area contributed by atoms with Crippen molar-refractivity contribution in [3.8, 4) is 0 Å². The Morgan fingerprint density at radius 1 is 1.19 bits per heavy atom. The summed E-state index contributed by atoms with van der Waals surface area (Å²) in [5.74, 6) is 0.112. The van der Waals surface area contributed by atoms with Gasteiger partial charge in [-0.05, 0) is 44.1 Å². The lowest BCUT2D eigenvalue weighted by Gasteiger charge is -2.13. The Kier molecular flexibility index (Phi) is 3.85. The van der Waals surface area contributed by atoms with Crippen molar-refractivity contribution in [1.82, 2.24) is 4.90 Å². The molecule has 2 nitrogen and oxygen atoms in total. The number of rotatable bonds is 3. The van der Waals surface area contributed by atoms with Gasteiger partial charge in [-0.1, -0.05) is 23.2 Å². The van der Waals surface area contributed by atoms with Crippen LogP contribution >= 0.6 is 23.2 Å². The highest BCUT2D eigenvalue weighted by atomic mass is 35.5. The second kappa shape index (κ2) is 5.17. The highest BCUT2D eigenvalue weighted by Gasteiger charge is 2.16. The van der Waals surface area contributed by atoms with Crippen molar-refractivity contribution in [1.29, 1.82) is 0 Å². The summed E-state index contributed by atoms with van der Waals surface area (Å²) in [6.07, 6.45) is 2.38. The van der Waals surface area contributed by atoms with E-state index >= 15 is 0 Å². The van der Waals surface area contributed by atoms with E-state index in [0.29, 0.717) is 22.2 Å². The fraction of sp³-hybridized carbons (Fsp3) is 0.417. The van der Waals surface area contributed by atoms with Crippen molar-refractivity contribution >= 4 is 29.0 Å². The van der Waals surface area contributed by atoms with Crippen LogP contribution < -0.4 is 0 Å². The van der Waals surface area contributed by atoms with Crippen LogP contribution in [0.5, 0.6) is 0 Å². The average Bonchev–Trinajstić information content (AvgIpc) is 2.74. The zero-order valence-electron chi connectivity index (χ0n) is 8.88. The van der Waals surface area contributed by atoms with E-state index in [1.807, 2.05) is 0 Å². The molecule has 0 aliphatic carbocycles. The molecular weight excluding hydrogens is 245 g/mol. The van der Waals surface area contributed by atoms with Gasteiger partial charge in [0.05, 0.1) is 16.6 Å². The molecule has 0 radical (unpaired) electrons. The van der Waals surface area contributed by atoms with Crippen LogP contribution in [0.4, 0.5) is 0 Å². The molecule has 1 saturated heterocycles. The lowest BCUT2D eigenvalue weighted by atomic mass is 10.1. The average molecular weight is 258 g/mol. The van der Waals surface area contributed by atoms with Crippen LogP contribution in [0.3, 0.4) is 0 Å². The number of likely N-dealkylation sites (tertiary alicyclic amines) is 1. The maximum Gasteiger partial charge on any atom is 0.176 e. The first-order valence-corrected chi connectivity index (χ1v) is 6.13. The van der Waals surface area contributed by atoms with Gasteiger partial charge in [-0.25, -0.2) is 0 Å². The van der Waals surface area contributed by atoms with E-state index in [1.54, 1.807) is 18.2 Å². The molecular formula is C12H13Cl2NO. The molecule has 0 atom stereocenters. The first kappa shape index (κ1) is 11.9. The lowest BCUT2D eigenvalue weighted by Crippen LogP contribution is -2.26. The number of carbonyl (C=O) groups excluding carboxylic acids is 1. The van der Waals surface area contributed by atoms with Crippen LogP contribution in [0.25, 0.3) is 0 Å². The SMILES string of the molecule is O=C(CN1CCCC1)c1ccc(Cl)c(Cl)c1. The first-order chi connectivity index (χ1) is 7.66. The van der Waals surface area contributed by atoms with Crippen molar-refractivity contribution in [3.05, 3.63) is 33.8 Å². The Hall–Kier alpha value is -0.570. The number of hydrogen-bond donors (Lipinski definition) is 0. The Morgan fingerprint density at radius 3 is 2.50 bits per heavy atom. The lowest BCUT2D eigenvalue weighted by molar-refractivity contribution is 0.0945. The molecule has 1 aliphatic rings. The van der Waals surface area contributed by atoms with E-state index < -0.39 is 0 Å². The summed E-state index contributed by atoms with van der Waals surface area (Å²) >= 11 is 11.7. The van der Waals surface area contributed by atoms with Crippen molar-refractivity contribution in [2.75, 3.05) is 19.6 Å². The third kappa shape index (κ3) is 2.76. The summed E-state index contributed by atoms with van der Waals surface area (Å²) in [4.78, 5) is 14.1. The van der Waals surface area contributed by atoms with Crippen molar-refractivity contribution < 1.29 is 4.79 Å². The normalized spacial score (nSPS) is 16.6. The molecule has 1 aromatic carbocycles. The quantitative estimate of drug-likeness (QED) is 0.775. The number of benzene rings is 1. The largest absolute Gasteiger partial charge is 0.296 e. The van der Waals surface area contributed by atoms with Crippen LogP contribution in [0, 0.1) is 0 Å². The van der Waals surface area contributed by atoms with E-state index in [4.69, 9.17) is 23.2 Å². The molecule has 0 saturated carbocycles. The second-order valence-corrected chi connectivity index (χ2v) is 4.85. The molecule has 0 spiro atoms. The van der Waals surface area contributed by atoms with Gasteiger partial charge in [0.25, 0.3) is 0 Å². The van der Waals surface area contributed by atoms with Gasteiger partial charge in [-0.2, -0.15) is 0 Å². The van der Waals surface area contributed by atoms with Gasteiger partial charge < -0.3 is 0 Å². The minimum atomic E-state index is 0.112. The number of Topliss-reactive ketones (excluding diaryl/α,β-unsaturated/α-hetero) is 1. The third-order valence-corrected chi connectivity index (χ3v) is 3.55. The number of hydrogen-bond acceptors (Lipinski definition) is 2. The van der Waals surface area contributed by atoms with Crippen molar-refractivity contribution in [2.45, 2.75) is 12.8 Å². The van der Waals surface area contributed by atoms with E-state index in [0.717, 1.165) is 13.1 Å². The summed E-state index contributed by atoms with van der Waals surface area (Å²) < 4.78 is 0. The Bertz CT molecular complexity index is 400. The zero-order valence-corrected chi connectivity index (χ0v) is 10.4. The van der Waals surface area contributed by atoms with Gasteiger partial charge in [0, 0.05) is 5.56 Å². The van der Waals surface area contributed by atoms with Crippen molar-refractivity contribution in [3.63, 3.8) is 0 Å². The van der Waals surface area contributed by atoms with Gasteiger partial charge in [0.15, 0.2) is 5.78 Å². The molecule has 4 heteroatoms. The molecule has 0 bridgehead atoms. The molecule has 0 aromatic heterocycles. The fourth-order valence-electron chi connectivity index (χ4n) is 1.90.